The molecule has 134 valence electrons. The molecule has 5 nitrogen and oxygen atoms in total. The van der Waals surface area contributed by atoms with Crippen molar-refractivity contribution in [1.29, 1.82) is 0 Å². The van der Waals surface area contributed by atoms with Crippen molar-refractivity contribution in [2.75, 3.05) is 12.4 Å². The van der Waals surface area contributed by atoms with Crippen LogP contribution in [0.25, 0.3) is 0 Å². The third-order valence-corrected chi connectivity index (χ3v) is 4.48. The van der Waals surface area contributed by atoms with Crippen LogP contribution in [0.3, 0.4) is 0 Å². The van der Waals surface area contributed by atoms with E-state index in [-0.39, 0.29) is 11.7 Å². The third kappa shape index (κ3) is 4.80. The molecule has 0 aromatic heterocycles. The van der Waals surface area contributed by atoms with Crippen LogP contribution in [0, 0.1) is 0 Å². The molecule has 0 saturated heterocycles. The van der Waals surface area contributed by atoms with Gasteiger partial charge in [-0.15, -0.1) is 0 Å². The molecule has 2 aromatic rings. The molecule has 7 heteroatoms. The number of halogens is 2. The van der Waals surface area contributed by atoms with Crippen LogP contribution in [0.15, 0.2) is 34.8 Å². The SMILES string of the molecule is COc1ccc(Br)c(CNc2cc(C(=O)O)ccc2Cl)c1OC(C)C. The Hall–Kier alpha value is -1.92. The molecule has 25 heavy (non-hydrogen) atoms. The highest BCUT2D eigenvalue weighted by Gasteiger charge is 2.16. The third-order valence-electron chi connectivity index (χ3n) is 3.41. The maximum absolute atomic E-state index is 11.1. The number of anilines is 1. The van der Waals surface area contributed by atoms with Crippen LogP contribution in [-0.4, -0.2) is 24.3 Å². The Bertz CT molecular complexity index is 780. The summed E-state index contributed by atoms with van der Waals surface area (Å²) in [5.74, 6) is 0.245. The number of hydrogen-bond acceptors (Lipinski definition) is 4. The lowest BCUT2D eigenvalue weighted by atomic mass is 10.1. The predicted molar refractivity (Wildman–Crippen MR) is 102 cm³/mol. The van der Waals surface area contributed by atoms with Gasteiger partial charge in [-0.1, -0.05) is 27.5 Å². The van der Waals surface area contributed by atoms with Crippen molar-refractivity contribution in [1.82, 2.24) is 0 Å². The molecule has 2 N–H and O–H groups in total. The quantitative estimate of drug-likeness (QED) is 0.634. The van der Waals surface area contributed by atoms with Crippen molar-refractivity contribution in [3.63, 3.8) is 0 Å². The first-order valence-corrected chi connectivity index (χ1v) is 8.79. The van der Waals surface area contributed by atoms with Crippen LogP contribution in [0.1, 0.15) is 29.8 Å². The van der Waals surface area contributed by atoms with E-state index in [1.165, 1.54) is 12.1 Å². The summed E-state index contributed by atoms with van der Waals surface area (Å²) in [5.41, 5.74) is 1.55. The Morgan fingerprint density at radius 3 is 2.64 bits per heavy atom. The van der Waals surface area contributed by atoms with E-state index in [9.17, 15) is 4.79 Å². The second-order valence-corrected chi connectivity index (χ2v) is 6.84. The van der Waals surface area contributed by atoms with E-state index in [0.29, 0.717) is 28.8 Å². The first-order chi connectivity index (χ1) is 11.8. The lowest BCUT2D eigenvalue weighted by Gasteiger charge is -2.19. The van der Waals surface area contributed by atoms with Crippen LogP contribution >= 0.6 is 27.5 Å². The summed E-state index contributed by atoms with van der Waals surface area (Å²) in [6.07, 6.45) is -0.0270. The Labute approximate surface area is 160 Å². The van der Waals surface area contributed by atoms with Crippen molar-refractivity contribution in [3.8, 4) is 11.5 Å². The highest BCUT2D eigenvalue weighted by Crippen LogP contribution is 2.37. The van der Waals surface area contributed by atoms with Gasteiger partial charge in [0.1, 0.15) is 0 Å². The van der Waals surface area contributed by atoms with Gasteiger partial charge in [-0.25, -0.2) is 4.79 Å². The van der Waals surface area contributed by atoms with Crippen LogP contribution < -0.4 is 14.8 Å². The van der Waals surface area contributed by atoms with Gasteiger partial charge in [-0.05, 0) is 44.2 Å². The summed E-state index contributed by atoms with van der Waals surface area (Å²) in [7, 11) is 1.58. The van der Waals surface area contributed by atoms with E-state index in [1.807, 2.05) is 26.0 Å². The zero-order valence-electron chi connectivity index (χ0n) is 14.1. The van der Waals surface area contributed by atoms with Crippen LogP contribution in [0.5, 0.6) is 11.5 Å². The van der Waals surface area contributed by atoms with E-state index >= 15 is 0 Å². The zero-order chi connectivity index (χ0) is 18.6. The number of hydrogen-bond donors (Lipinski definition) is 2. The number of carbonyl (C=O) groups is 1. The topological polar surface area (TPSA) is 67.8 Å². The van der Waals surface area contributed by atoms with Gasteiger partial charge in [-0.2, -0.15) is 0 Å². The zero-order valence-corrected chi connectivity index (χ0v) is 16.4. The van der Waals surface area contributed by atoms with Gasteiger partial charge < -0.3 is 19.9 Å². The number of nitrogens with one attached hydrogen (secondary N) is 1. The van der Waals surface area contributed by atoms with Crippen LogP contribution in [-0.2, 0) is 6.54 Å². The maximum atomic E-state index is 11.1. The second-order valence-electron chi connectivity index (χ2n) is 5.58. The molecular weight excluding hydrogens is 410 g/mol. The molecule has 0 amide bonds. The molecule has 2 rings (SSSR count). The summed E-state index contributed by atoms with van der Waals surface area (Å²) >= 11 is 9.69. The van der Waals surface area contributed by atoms with E-state index < -0.39 is 5.97 Å². The first-order valence-electron chi connectivity index (χ1n) is 7.62. The van der Waals surface area contributed by atoms with E-state index in [2.05, 4.69) is 21.2 Å². The molecule has 0 radical (unpaired) electrons. The van der Waals surface area contributed by atoms with E-state index in [4.69, 9.17) is 26.2 Å². The molecule has 0 unspecified atom stereocenters. The average Bonchev–Trinajstić information content (AvgIpc) is 2.55. The standard InChI is InChI=1S/C18H19BrClNO4/c1-10(2)25-17-12(13(19)5-7-16(17)24-3)9-21-15-8-11(18(22)23)4-6-14(15)20/h4-8,10,21H,9H2,1-3H3,(H,22,23). The van der Waals surface area contributed by atoms with E-state index in [1.54, 1.807) is 13.2 Å². The highest BCUT2D eigenvalue weighted by atomic mass is 79.9. The predicted octanol–water partition coefficient (Wildman–Crippen LogP) is 5.21. The molecule has 0 atom stereocenters. The van der Waals surface area contributed by atoms with Crippen LogP contribution in [0.4, 0.5) is 5.69 Å². The molecule has 0 saturated carbocycles. The summed E-state index contributed by atoms with van der Waals surface area (Å²) in [5, 5.41) is 12.7. The summed E-state index contributed by atoms with van der Waals surface area (Å²) < 4.78 is 12.1. The molecule has 0 spiro atoms. The molecule has 0 aliphatic carbocycles. The molecule has 0 bridgehead atoms. The minimum Gasteiger partial charge on any atom is -0.493 e. The van der Waals surface area contributed by atoms with Crippen molar-refractivity contribution in [3.05, 3.63) is 51.0 Å². The largest absolute Gasteiger partial charge is 0.493 e. The normalized spacial score (nSPS) is 10.6. The minimum atomic E-state index is -1.01. The molecule has 0 fully saturated rings. The van der Waals surface area contributed by atoms with Gasteiger partial charge in [0.25, 0.3) is 0 Å². The van der Waals surface area contributed by atoms with Crippen molar-refractivity contribution < 1.29 is 19.4 Å². The Kier molecular flexibility index (Phi) is 6.56. The first kappa shape index (κ1) is 19.4. The van der Waals surface area contributed by atoms with Gasteiger partial charge in [0.15, 0.2) is 11.5 Å². The number of aromatic carboxylic acids is 1. The fourth-order valence-electron chi connectivity index (χ4n) is 2.25. The summed E-state index contributed by atoms with van der Waals surface area (Å²) in [6, 6.07) is 8.22. The van der Waals surface area contributed by atoms with Gasteiger partial charge >= 0.3 is 5.97 Å². The molecule has 0 heterocycles. The van der Waals surface area contributed by atoms with E-state index in [0.717, 1.165) is 10.0 Å². The maximum Gasteiger partial charge on any atom is 0.335 e. The number of carboxylic acid groups (broad SMARTS) is 1. The Balaban J connectivity index is 2.34. The Morgan fingerprint density at radius 1 is 1.32 bits per heavy atom. The summed E-state index contributed by atoms with van der Waals surface area (Å²) in [6.45, 7) is 4.25. The number of rotatable bonds is 7. The number of ether oxygens (including phenoxy) is 2. The molecule has 2 aromatic carbocycles. The van der Waals surface area contributed by atoms with Crippen molar-refractivity contribution in [2.45, 2.75) is 26.5 Å². The van der Waals surface area contributed by atoms with Gasteiger partial charge in [0.2, 0.25) is 0 Å². The minimum absolute atomic E-state index is 0.0270. The van der Waals surface area contributed by atoms with Crippen molar-refractivity contribution >= 4 is 39.2 Å². The molecule has 0 aliphatic rings. The van der Waals surface area contributed by atoms with Crippen molar-refractivity contribution in [2.24, 2.45) is 0 Å². The average molecular weight is 429 g/mol. The van der Waals surface area contributed by atoms with Gasteiger partial charge in [0, 0.05) is 16.6 Å². The fourth-order valence-corrected chi connectivity index (χ4v) is 2.89. The smallest absolute Gasteiger partial charge is 0.335 e. The molecular formula is C18H19BrClNO4. The lowest BCUT2D eigenvalue weighted by molar-refractivity contribution is 0.0697. The second kappa shape index (κ2) is 8.45. The molecule has 0 aliphatic heterocycles. The number of carboxylic acids is 1. The van der Waals surface area contributed by atoms with Gasteiger partial charge in [-0.3, -0.25) is 0 Å². The monoisotopic (exact) mass is 427 g/mol. The summed E-state index contributed by atoms with van der Waals surface area (Å²) in [4.78, 5) is 11.1. The van der Waals surface area contributed by atoms with Crippen LogP contribution in [0.2, 0.25) is 5.02 Å². The number of methoxy groups -OCH3 is 1. The number of benzene rings is 2. The fraction of sp³-hybridized carbons (Fsp3) is 0.278. The Morgan fingerprint density at radius 2 is 2.04 bits per heavy atom. The lowest BCUT2D eigenvalue weighted by Crippen LogP contribution is -2.11. The van der Waals surface area contributed by atoms with Gasteiger partial charge in [0.05, 0.1) is 29.5 Å². The highest BCUT2D eigenvalue weighted by molar-refractivity contribution is 9.10.